The third-order valence-corrected chi connectivity index (χ3v) is 3.33. The summed E-state index contributed by atoms with van der Waals surface area (Å²) in [5, 5.41) is 6.06. The van der Waals surface area contributed by atoms with Crippen LogP contribution in [0.1, 0.15) is 31.4 Å². The number of carbonyl (C=O) groups is 1. The second-order valence-corrected chi connectivity index (χ2v) is 5.10. The quantitative estimate of drug-likeness (QED) is 0.610. The van der Waals surface area contributed by atoms with E-state index in [0.717, 1.165) is 13.0 Å². The molecule has 3 nitrogen and oxygen atoms in total. The maximum Gasteiger partial charge on any atom is 0.220 e. The smallest absolute Gasteiger partial charge is 0.220 e. The van der Waals surface area contributed by atoms with E-state index in [9.17, 15) is 9.18 Å². The van der Waals surface area contributed by atoms with Crippen molar-refractivity contribution in [3.63, 3.8) is 0 Å². The molecule has 1 atom stereocenters. The van der Waals surface area contributed by atoms with Gasteiger partial charge in [-0.05, 0) is 44.6 Å². The molecule has 0 aromatic heterocycles. The zero-order chi connectivity index (χ0) is 14.4. The predicted octanol–water partition coefficient (Wildman–Crippen LogP) is 3.73. The molecule has 1 rings (SSSR count). The van der Waals surface area contributed by atoms with Crippen LogP contribution in [-0.4, -0.2) is 19.5 Å². The van der Waals surface area contributed by atoms with Crippen molar-refractivity contribution in [3.8, 4) is 0 Å². The second-order valence-electron chi connectivity index (χ2n) is 4.28. The van der Waals surface area contributed by atoms with Gasteiger partial charge in [-0.15, -0.1) is 12.4 Å². The van der Waals surface area contributed by atoms with Crippen molar-refractivity contribution in [2.75, 3.05) is 13.6 Å². The van der Waals surface area contributed by atoms with Gasteiger partial charge in [-0.1, -0.05) is 23.2 Å². The third-order valence-electron chi connectivity index (χ3n) is 2.71. The molecular weight excluding hydrogens is 326 g/mol. The molecule has 1 unspecified atom stereocenters. The van der Waals surface area contributed by atoms with Gasteiger partial charge in [0.15, 0.2) is 0 Å². The lowest BCUT2D eigenvalue weighted by Crippen LogP contribution is -2.27. The maximum absolute atomic E-state index is 13.4. The summed E-state index contributed by atoms with van der Waals surface area (Å²) in [6.07, 6.45) is 1.16. The van der Waals surface area contributed by atoms with Gasteiger partial charge in [0, 0.05) is 11.4 Å². The summed E-state index contributed by atoms with van der Waals surface area (Å²) in [7, 11) is 1.83. The zero-order valence-corrected chi connectivity index (χ0v) is 13.6. The number of rotatable bonds is 6. The highest BCUT2D eigenvalue weighted by molar-refractivity contribution is 6.35. The van der Waals surface area contributed by atoms with Gasteiger partial charge in [-0.2, -0.15) is 0 Å². The molecule has 0 aliphatic carbocycles. The van der Waals surface area contributed by atoms with Crippen LogP contribution in [0.4, 0.5) is 4.39 Å². The standard InChI is InChI=1S/C13H17Cl2FN2O.ClH/c1-8(18-13(19)4-3-5-17-2)9-6-12(16)11(15)7-10(9)14;/h6-8,17H,3-5H2,1-2H3,(H,18,19);1H. The Morgan fingerprint density at radius 3 is 2.60 bits per heavy atom. The van der Waals surface area contributed by atoms with E-state index >= 15 is 0 Å². The van der Waals surface area contributed by atoms with Crippen molar-refractivity contribution in [1.82, 2.24) is 10.6 Å². The van der Waals surface area contributed by atoms with Crippen LogP contribution in [-0.2, 0) is 4.79 Å². The number of hydrogen-bond donors (Lipinski definition) is 2. The Bertz CT molecular complexity index is 457. The molecule has 1 aromatic carbocycles. The molecule has 0 saturated carbocycles. The monoisotopic (exact) mass is 342 g/mol. The molecule has 114 valence electrons. The van der Waals surface area contributed by atoms with Gasteiger partial charge in [-0.25, -0.2) is 4.39 Å². The molecule has 0 fully saturated rings. The summed E-state index contributed by atoms with van der Waals surface area (Å²) in [5.74, 6) is -0.633. The Kier molecular flexibility index (Phi) is 9.14. The molecule has 0 saturated heterocycles. The van der Waals surface area contributed by atoms with Crippen LogP contribution in [0.5, 0.6) is 0 Å². The third kappa shape index (κ3) is 5.83. The Labute approximate surface area is 134 Å². The number of benzene rings is 1. The van der Waals surface area contributed by atoms with Gasteiger partial charge in [-0.3, -0.25) is 4.79 Å². The molecule has 0 aliphatic rings. The van der Waals surface area contributed by atoms with E-state index < -0.39 is 5.82 Å². The summed E-state index contributed by atoms with van der Waals surface area (Å²) < 4.78 is 13.4. The first-order chi connectivity index (χ1) is 8.95. The summed E-state index contributed by atoms with van der Waals surface area (Å²) in [4.78, 5) is 11.7. The van der Waals surface area contributed by atoms with E-state index in [1.54, 1.807) is 6.92 Å². The minimum absolute atomic E-state index is 0. The van der Waals surface area contributed by atoms with Crippen LogP contribution in [0.2, 0.25) is 10.0 Å². The van der Waals surface area contributed by atoms with Crippen molar-refractivity contribution < 1.29 is 9.18 Å². The lowest BCUT2D eigenvalue weighted by atomic mass is 10.1. The molecule has 7 heteroatoms. The summed E-state index contributed by atoms with van der Waals surface area (Å²) >= 11 is 11.6. The van der Waals surface area contributed by atoms with Crippen LogP contribution in [0, 0.1) is 5.82 Å². The van der Waals surface area contributed by atoms with E-state index in [2.05, 4.69) is 10.6 Å². The minimum Gasteiger partial charge on any atom is -0.350 e. The molecule has 0 bridgehead atoms. The number of carbonyl (C=O) groups excluding carboxylic acids is 1. The van der Waals surface area contributed by atoms with Gasteiger partial charge in [0.2, 0.25) is 5.91 Å². The Hall–Kier alpha value is -0.550. The highest BCUT2D eigenvalue weighted by Gasteiger charge is 2.15. The molecule has 0 heterocycles. The van der Waals surface area contributed by atoms with Gasteiger partial charge in [0.1, 0.15) is 5.82 Å². The highest BCUT2D eigenvalue weighted by Crippen LogP contribution is 2.28. The fraction of sp³-hybridized carbons (Fsp3) is 0.462. The van der Waals surface area contributed by atoms with E-state index in [1.165, 1.54) is 12.1 Å². The van der Waals surface area contributed by atoms with E-state index in [0.29, 0.717) is 17.0 Å². The SMILES string of the molecule is CNCCCC(=O)NC(C)c1cc(F)c(Cl)cc1Cl.Cl. The predicted molar refractivity (Wildman–Crippen MR) is 83.4 cm³/mol. The Morgan fingerprint density at radius 1 is 1.35 bits per heavy atom. The van der Waals surface area contributed by atoms with Crippen molar-refractivity contribution in [3.05, 3.63) is 33.6 Å². The fourth-order valence-corrected chi connectivity index (χ4v) is 2.23. The van der Waals surface area contributed by atoms with Gasteiger partial charge < -0.3 is 10.6 Å². The lowest BCUT2D eigenvalue weighted by Gasteiger charge is -2.16. The zero-order valence-electron chi connectivity index (χ0n) is 11.3. The van der Waals surface area contributed by atoms with Crippen LogP contribution in [0.3, 0.4) is 0 Å². The maximum atomic E-state index is 13.4. The number of nitrogens with one attached hydrogen (secondary N) is 2. The molecule has 0 aliphatic heterocycles. The molecule has 2 N–H and O–H groups in total. The molecule has 0 spiro atoms. The number of halogens is 4. The van der Waals surface area contributed by atoms with Gasteiger partial charge in [0.25, 0.3) is 0 Å². The minimum atomic E-state index is -0.544. The summed E-state index contributed by atoms with van der Waals surface area (Å²) in [6, 6.07) is 2.24. The van der Waals surface area contributed by atoms with Crippen LogP contribution < -0.4 is 10.6 Å². The van der Waals surface area contributed by atoms with Crippen LogP contribution in [0.25, 0.3) is 0 Å². The first-order valence-corrected chi connectivity index (χ1v) is 6.79. The van der Waals surface area contributed by atoms with E-state index in [1.807, 2.05) is 7.05 Å². The van der Waals surface area contributed by atoms with Crippen molar-refractivity contribution >= 4 is 41.5 Å². The summed E-state index contributed by atoms with van der Waals surface area (Å²) in [5.41, 5.74) is 0.519. The van der Waals surface area contributed by atoms with Crippen molar-refractivity contribution in [2.24, 2.45) is 0 Å². The van der Waals surface area contributed by atoms with Crippen LogP contribution in [0.15, 0.2) is 12.1 Å². The highest BCUT2D eigenvalue weighted by atomic mass is 35.5. The van der Waals surface area contributed by atoms with Crippen molar-refractivity contribution in [1.29, 1.82) is 0 Å². The molecule has 20 heavy (non-hydrogen) atoms. The van der Waals surface area contributed by atoms with Crippen molar-refractivity contribution in [2.45, 2.75) is 25.8 Å². The van der Waals surface area contributed by atoms with E-state index in [-0.39, 0.29) is 29.4 Å². The molecule has 1 amide bonds. The Morgan fingerprint density at radius 2 is 2.00 bits per heavy atom. The number of amides is 1. The number of hydrogen-bond acceptors (Lipinski definition) is 2. The molecular formula is C13H18Cl3FN2O. The second kappa shape index (κ2) is 9.40. The Balaban J connectivity index is 0.00000361. The molecule has 0 radical (unpaired) electrons. The topological polar surface area (TPSA) is 41.1 Å². The average molecular weight is 344 g/mol. The normalized spacial score (nSPS) is 11.7. The first-order valence-electron chi connectivity index (χ1n) is 6.04. The largest absolute Gasteiger partial charge is 0.350 e. The fourth-order valence-electron chi connectivity index (χ4n) is 1.69. The van der Waals surface area contributed by atoms with E-state index in [4.69, 9.17) is 23.2 Å². The summed E-state index contributed by atoms with van der Waals surface area (Å²) in [6.45, 7) is 2.53. The van der Waals surface area contributed by atoms with Crippen LogP contribution >= 0.6 is 35.6 Å². The molecule has 1 aromatic rings. The average Bonchev–Trinajstić information content (AvgIpc) is 2.34. The van der Waals surface area contributed by atoms with Gasteiger partial charge >= 0.3 is 0 Å². The lowest BCUT2D eigenvalue weighted by molar-refractivity contribution is -0.121. The van der Waals surface area contributed by atoms with Gasteiger partial charge in [0.05, 0.1) is 11.1 Å². The first kappa shape index (κ1) is 19.4.